The van der Waals surface area contributed by atoms with Crippen molar-refractivity contribution in [3.63, 3.8) is 0 Å². The van der Waals surface area contributed by atoms with Gasteiger partial charge in [0.1, 0.15) is 5.75 Å². The Balaban J connectivity index is 2.44. The molecule has 0 saturated heterocycles. The molecule has 0 bridgehead atoms. The highest BCUT2D eigenvalue weighted by atomic mass is 16.5. The van der Waals surface area contributed by atoms with Crippen molar-refractivity contribution >= 4 is 23.4 Å². The summed E-state index contributed by atoms with van der Waals surface area (Å²) >= 11 is 0. The van der Waals surface area contributed by atoms with Crippen LogP contribution in [0.3, 0.4) is 0 Å². The van der Waals surface area contributed by atoms with Crippen molar-refractivity contribution in [2.45, 2.75) is 13.8 Å². The van der Waals surface area contributed by atoms with Crippen molar-refractivity contribution < 1.29 is 19.1 Å². The minimum atomic E-state index is -0.303. The third kappa shape index (κ3) is 8.16. The number of nitrogens with zero attached hydrogens (tertiary/aromatic N) is 1. The molecule has 3 N–H and O–H groups in total. The molecular weight excluding hydrogens is 324 g/mol. The Morgan fingerprint density at radius 2 is 1.76 bits per heavy atom. The predicted octanol–water partition coefficient (Wildman–Crippen LogP) is 0.208. The third-order valence-electron chi connectivity index (χ3n) is 3.36. The summed E-state index contributed by atoms with van der Waals surface area (Å²) in [6.45, 7) is 4.75. The maximum atomic E-state index is 12.1. The van der Waals surface area contributed by atoms with Gasteiger partial charge in [0, 0.05) is 18.3 Å². The molecule has 0 fully saturated rings. The molecule has 0 unspecified atom stereocenters. The van der Waals surface area contributed by atoms with Crippen LogP contribution >= 0.6 is 0 Å². The summed E-state index contributed by atoms with van der Waals surface area (Å²) < 4.78 is 5.11. The van der Waals surface area contributed by atoms with Crippen LogP contribution in [-0.4, -0.2) is 62.5 Å². The molecule has 1 rings (SSSR count). The highest BCUT2D eigenvalue weighted by Gasteiger charge is 2.14. The monoisotopic (exact) mass is 350 g/mol. The van der Waals surface area contributed by atoms with E-state index in [1.54, 1.807) is 43.2 Å². The number of nitrogens with one attached hydrogen (secondary N) is 3. The molecule has 3 amide bonds. The van der Waals surface area contributed by atoms with Gasteiger partial charge in [0.25, 0.3) is 0 Å². The first-order valence-corrected chi connectivity index (χ1v) is 8.18. The summed E-state index contributed by atoms with van der Waals surface area (Å²) in [6, 6.07) is 7.04. The van der Waals surface area contributed by atoms with E-state index in [0.29, 0.717) is 24.5 Å². The average Bonchev–Trinajstić information content (AvgIpc) is 2.59. The molecule has 138 valence electrons. The summed E-state index contributed by atoms with van der Waals surface area (Å²) in [5.74, 6) is -0.126. The van der Waals surface area contributed by atoms with Gasteiger partial charge in [-0.2, -0.15) is 0 Å². The van der Waals surface area contributed by atoms with Gasteiger partial charge in [-0.25, -0.2) is 0 Å². The standard InChI is InChI=1S/C17H26N4O4/c1-4-18-15(22)10-19-16(23)11-21(5-2)12-17(24)20-13-7-6-8-14(9-13)25-3/h6-9H,4-5,10-12H2,1-3H3,(H,18,22)(H,19,23)(H,20,24). The first-order valence-electron chi connectivity index (χ1n) is 8.18. The van der Waals surface area contributed by atoms with E-state index in [4.69, 9.17) is 4.74 Å². The number of benzene rings is 1. The highest BCUT2D eigenvalue weighted by molar-refractivity contribution is 5.93. The zero-order valence-electron chi connectivity index (χ0n) is 14.9. The van der Waals surface area contributed by atoms with Crippen molar-refractivity contribution in [2.75, 3.05) is 45.2 Å². The van der Waals surface area contributed by atoms with E-state index in [0.717, 1.165) is 0 Å². The lowest BCUT2D eigenvalue weighted by Gasteiger charge is -2.19. The fourth-order valence-electron chi connectivity index (χ4n) is 2.08. The van der Waals surface area contributed by atoms with Gasteiger partial charge in [-0.15, -0.1) is 0 Å². The summed E-state index contributed by atoms with van der Waals surface area (Å²) in [4.78, 5) is 37.0. The number of anilines is 1. The van der Waals surface area contributed by atoms with Gasteiger partial charge in [-0.3, -0.25) is 19.3 Å². The lowest BCUT2D eigenvalue weighted by Crippen LogP contribution is -2.44. The lowest BCUT2D eigenvalue weighted by molar-refractivity contribution is -0.127. The molecule has 0 aliphatic heterocycles. The molecule has 25 heavy (non-hydrogen) atoms. The van der Waals surface area contributed by atoms with Crippen molar-refractivity contribution in [2.24, 2.45) is 0 Å². The fraction of sp³-hybridized carbons (Fsp3) is 0.471. The second-order valence-electron chi connectivity index (χ2n) is 5.31. The number of carbonyl (C=O) groups is 3. The van der Waals surface area contributed by atoms with Crippen LogP contribution in [0.4, 0.5) is 5.69 Å². The van der Waals surface area contributed by atoms with Crippen LogP contribution < -0.4 is 20.7 Å². The molecule has 0 atom stereocenters. The maximum Gasteiger partial charge on any atom is 0.239 e. The van der Waals surface area contributed by atoms with Crippen LogP contribution in [0.5, 0.6) is 5.75 Å². The second-order valence-corrected chi connectivity index (χ2v) is 5.31. The first kappa shape index (κ1) is 20.4. The zero-order chi connectivity index (χ0) is 18.7. The Morgan fingerprint density at radius 3 is 2.40 bits per heavy atom. The highest BCUT2D eigenvalue weighted by Crippen LogP contribution is 2.16. The molecule has 1 aromatic rings. The van der Waals surface area contributed by atoms with E-state index in [9.17, 15) is 14.4 Å². The molecule has 0 radical (unpaired) electrons. The van der Waals surface area contributed by atoms with E-state index in [1.807, 2.05) is 6.92 Å². The normalized spacial score (nSPS) is 10.2. The SMILES string of the molecule is CCNC(=O)CNC(=O)CN(CC)CC(=O)Nc1cccc(OC)c1. The largest absolute Gasteiger partial charge is 0.497 e. The van der Waals surface area contributed by atoms with Crippen LogP contribution in [0, 0.1) is 0 Å². The van der Waals surface area contributed by atoms with Crippen LogP contribution in [0.25, 0.3) is 0 Å². The summed E-state index contributed by atoms with van der Waals surface area (Å²) in [5, 5.41) is 7.89. The quantitative estimate of drug-likeness (QED) is 0.560. The fourth-order valence-corrected chi connectivity index (χ4v) is 2.08. The Bertz CT molecular complexity index is 592. The molecule has 0 aromatic heterocycles. The molecule has 0 heterocycles. The van der Waals surface area contributed by atoms with Gasteiger partial charge < -0.3 is 20.7 Å². The summed E-state index contributed by atoms with van der Waals surface area (Å²) in [5.41, 5.74) is 0.626. The van der Waals surface area contributed by atoms with Gasteiger partial charge in [0.2, 0.25) is 17.7 Å². The van der Waals surface area contributed by atoms with Gasteiger partial charge in [0.05, 0.1) is 26.7 Å². The van der Waals surface area contributed by atoms with Crippen LogP contribution in [-0.2, 0) is 14.4 Å². The number of amides is 3. The van der Waals surface area contributed by atoms with Crippen molar-refractivity contribution in [1.82, 2.24) is 15.5 Å². The Labute approximate surface area is 147 Å². The predicted molar refractivity (Wildman–Crippen MR) is 95.4 cm³/mol. The van der Waals surface area contributed by atoms with Crippen molar-refractivity contribution in [3.05, 3.63) is 24.3 Å². The van der Waals surface area contributed by atoms with Crippen LogP contribution in [0.1, 0.15) is 13.8 Å². The Kier molecular flexibility index (Phi) is 9.02. The average molecular weight is 350 g/mol. The molecule has 0 spiro atoms. The Morgan fingerprint density at radius 1 is 1.04 bits per heavy atom. The number of likely N-dealkylation sites (N-methyl/N-ethyl adjacent to an activating group) is 2. The van der Waals surface area contributed by atoms with Crippen molar-refractivity contribution in [1.29, 1.82) is 0 Å². The number of carbonyl (C=O) groups excluding carboxylic acids is 3. The van der Waals surface area contributed by atoms with Crippen LogP contribution in [0.15, 0.2) is 24.3 Å². The van der Waals surface area contributed by atoms with E-state index >= 15 is 0 Å². The molecule has 1 aromatic carbocycles. The lowest BCUT2D eigenvalue weighted by atomic mass is 10.3. The molecule has 8 heteroatoms. The van der Waals surface area contributed by atoms with Gasteiger partial charge in [0.15, 0.2) is 0 Å². The Hall–Kier alpha value is -2.61. The minimum Gasteiger partial charge on any atom is -0.497 e. The van der Waals surface area contributed by atoms with E-state index in [1.165, 1.54) is 0 Å². The zero-order valence-corrected chi connectivity index (χ0v) is 14.9. The van der Waals surface area contributed by atoms with Crippen LogP contribution in [0.2, 0.25) is 0 Å². The number of ether oxygens (including phenoxy) is 1. The minimum absolute atomic E-state index is 0.0431. The number of methoxy groups -OCH3 is 1. The molecule has 0 aliphatic rings. The van der Waals surface area contributed by atoms with E-state index < -0.39 is 0 Å². The summed E-state index contributed by atoms with van der Waals surface area (Å²) in [7, 11) is 1.55. The van der Waals surface area contributed by atoms with E-state index in [-0.39, 0.29) is 37.4 Å². The maximum absolute atomic E-state index is 12.1. The third-order valence-corrected chi connectivity index (χ3v) is 3.36. The topological polar surface area (TPSA) is 99.8 Å². The van der Waals surface area contributed by atoms with Gasteiger partial charge in [-0.05, 0) is 25.6 Å². The van der Waals surface area contributed by atoms with Gasteiger partial charge >= 0.3 is 0 Å². The molecular formula is C17H26N4O4. The summed E-state index contributed by atoms with van der Waals surface area (Å²) in [6.07, 6.45) is 0. The second kappa shape index (κ2) is 11.0. The number of rotatable bonds is 10. The number of hydrogen-bond acceptors (Lipinski definition) is 5. The van der Waals surface area contributed by atoms with E-state index in [2.05, 4.69) is 16.0 Å². The van der Waals surface area contributed by atoms with Gasteiger partial charge in [-0.1, -0.05) is 13.0 Å². The first-order chi connectivity index (χ1) is 12.0. The number of hydrogen-bond donors (Lipinski definition) is 3. The molecule has 0 saturated carbocycles. The molecule has 8 nitrogen and oxygen atoms in total. The smallest absolute Gasteiger partial charge is 0.239 e. The molecule has 0 aliphatic carbocycles. The van der Waals surface area contributed by atoms with Crippen molar-refractivity contribution in [3.8, 4) is 5.75 Å².